The summed E-state index contributed by atoms with van der Waals surface area (Å²) in [5, 5.41) is 1.05. The molecular weight excluding hydrogens is 701 g/mol. The van der Waals surface area contributed by atoms with Crippen LogP contribution in [0.2, 0.25) is 0 Å². The van der Waals surface area contributed by atoms with E-state index >= 15 is 0 Å². The largest absolute Gasteiger partial charge is 0.228 e. The molecule has 0 N–H and O–H groups in total. The van der Waals surface area contributed by atoms with Gasteiger partial charge in [-0.25, -0.2) is 9.97 Å². The Bertz CT molecular complexity index is 3010. The first-order valence-electron chi connectivity index (χ1n) is 20.3. The van der Waals surface area contributed by atoms with Crippen molar-refractivity contribution >= 4 is 22.6 Å². The third kappa shape index (κ3) is 6.15. The quantitative estimate of drug-likeness (QED) is 0.170. The molecule has 2 aliphatic rings. The molecule has 2 nitrogen and oxygen atoms in total. The van der Waals surface area contributed by atoms with Crippen LogP contribution in [0.25, 0.3) is 78.3 Å². The van der Waals surface area contributed by atoms with Crippen molar-refractivity contribution in [2.75, 3.05) is 0 Å². The van der Waals surface area contributed by atoms with Gasteiger partial charge < -0.3 is 0 Å². The Morgan fingerprint density at radius 3 is 2.00 bits per heavy atom. The molecule has 1 aromatic heterocycles. The Balaban J connectivity index is 1.03. The van der Waals surface area contributed by atoms with Gasteiger partial charge in [-0.05, 0) is 103 Å². The average Bonchev–Trinajstić information content (AvgIpc) is 3.46. The van der Waals surface area contributed by atoms with Crippen LogP contribution in [0.1, 0.15) is 39.6 Å². The van der Waals surface area contributed by atoms with Crippen molar-refractivity contribution in [3.8, 4) is 55.8 Å². The van der Waals surface area contributed by atoms with Crippen LogP contribution in [0.5, 0.6) is 0 Å². The summed E-state index contributed by atoms with van der Waals surface area (Å²) in [6.07, 6.45) is 5.09. The Labute approximate surface area is 339 Å². The molecule has 0 radical (unpaired) electrons. The molecule has 0 bridgehead atoms. The van der Waals surface area contributed by atoms with Gasteiger partial charge in [0.25, 0.3) is 0 Å². The molecule has 8 aromatic carbocycles. The third-order valence-corrected chi connectivity index (χ3v) is 12.1. The molecule has 0 saturated heterocycles. The van der Waals surface area contributed by atoms with Crippen LogP contribution in [0.4, 0.5) is 0 Å². The van der Waals surface area contributed by atoms with Crippen LogP contribution in [-0.2, 0) is 19.3 Å². The molecule has 0 fully saturated rings. The van der Waals surface area contributed by atoms with Crippen molar-refractivity contribution in [2.24, 2.45) is 0 Å². The summed E-state index contributed by atoms with van der Waals surface area (Å²) < 4.78 is 0. The fourth-order valence-electron chi connectivity index (χ4n) is 9.37. The second-order valence-electron chi connectivity index (χ2n) is 15.7. The van der Waals surface area contributed by atoms with Gasteiger partial charge in [-0.1, -0.05) is 188 Å². The molecule has 1 heterocycles. The lowest BCUT2D eigenvalue weighted by molar-refractivity contribution is 0.673. The number of nitrogens with zero attached hydrogens (tertiary/aromatic N) is 2. The number of allylic oxidation sites excluding steroid dienone is 1. The summed E-state index contributed by atoms with van der Waals surface area (Å²) in [5.41, 5.74) is 20.9. The minimum Gasteiger partial charge on any atom is -0.228 e. The van der Waals surface area contributed by atoms with E-state index in [9.17, 15) is 0 Å². The fourth-order valence-corrected chi connectivity index (χ4v) is 9.37. The van der Waals surface area contributed by atoms with E-state index in [0.717, 1.165) is 46.4 Å². The van der Waals surface area contributed by atoms with E-state index in [2.05, 4.69) is 200 Å². The van der Waals surface area contributed by atoms with Gasteiger partial charge >= 0.3 is 0 Å². The van der Waals surface area contributed by atoms with Crippen molar-refractivity contribution in [3.63, 3.8) is 0 Å². The summed E-state index contributed by atoms with van der Waals surface area (Å²) in [6.45, 7) is 0. The van der Waals surface area contributed by atoms with Crippen LogP contribution < -0.4 is 0 Å². The zero-order valence-corrected chi connectivity index (χ0v) is 32.1. The Morgan fingerprint density at radius 1 is 0.466 bits per heavy atom. The first-order chi connectivity index (χ1) is 28.7. The van der Waals surface area contributed by atoms with E-state index in [1.807, 2.05) is 0 Å². The molecular formula is C56H40N2. The molecule has 274 valence electrons. The van der Waals surface area contributed by atoms with E-state index in [4.69, 9.17) is 9.97 Å². The summed E-state index contributed by atoms with van der Waals surface area (Å²) in [4.78, 5) is 10.7. The Morgan fingerprint density at radius 2 is 1.14 bits per heavy atom. The first-order valence-corrected chi connectivity index (χ1v) is 20.3. The molecule has 2 aliphatic carbocycles. The number of hydrogen-bond donors (Lipinski definition) is 0. The van der Waals surface area contributed by atoms with Crippen LogP contribution in [-0.4, -0.2) is 9.97 Å². The lowest BCUT2D eigenvalue weighted by atomic mass is 9.74. The maximum Gasteiger partial charge on any atom is 0.156 e. The van der Waals surface area contributed by atoms with E-state index in [0.29, 0.717) is 12.3 Å². The molecule has 0 aliphatic heterocycles. The van der Waals surface area contributed by atoms with Gasteiger partial charge in [-0.2, -0.15) is 0 Å². The van der Waals surface area contributed by atoms with Crippen molar-refractivity contribution in [1.82, 2.24) is 9.97 Å². The number of para-hydroxylation sites is 1. The van der Waals surface area contributed by atoms with Crippen LogP contribution in [0, 0.1) is 0 Å². The molecule has 0 amide bonds. The third-order valence-electron chi connectivity index (χ3n) is 12.1. The molecule has 58 heavy (non-hydrogen) atoms. The lowest BCUT2D eigenvalue weighted by Crippen LogP contribution is -2.14. The first kappa shape index (κ1) is 34.1. The van der Waals surface area contributed by atoms with E-state index < -0.39 is 0 Å². The van der Waals surface area contributed by atoms with E-state index in [1.54, 1.807) is 0 Å². The number of hydrogen-bond acceptors (Lipinski definition) is 2. The standard InChI is InChI=1S/C56H40N2/c1-3-14-37(15-4-1)32-44-33-42-19-8-10-21-49(42)54-50(23-13-24-51(44)54)43-30-31-48-45(34-43)36-46(35-41-18-7-9-20-47(41)48)56-57-53-25-12-11-22-52(53)55(58-56)40-28-26-39(27-29-40)38-16-5-2-6-17-38/h1-31,34-35,44H,32-33,36H2. The fraction of sp³-hybridized carbons (Fsp3) is 0.0714. The highest BCUT2D eigenvalue weighted by Gasteiger charge is 2.28. The van der Waals surface area contributed by atoms with Gasteiger partial charge in [0.15, 0.2) is 5.82 Å². The van der Waals surface area contributed by atoms with Gasteiger partial charge in [0.05, 0.1) is 11.2 Å². The minimum atomic E-state index is 0.406. The highest BCUT2D eigenvalue weighted by Crippen LogP contribution is 2.47. The van der Waals surface area contributed by atoms with Gasteiger partial charge in [0, 0.05) is 22.9 Å². The SMILES string of the molecule is C1=C(c2nc(-c3ccc(-c4ccccc4)cc3)c3ccccc3n2)Cc2cc(-c3cccc4c3-c3ccccc3CC4Cc3ccccc3)ccc2-c2ccccc21. The van der Waals surface area contributed by atoms with Gasteiger partial charge in [-0.3, -0.25) is 0 Å². The Kier molecular flexibility index (Phi) is 8.47. The van der Waals surface area contributed by atoms with E-state index in [-0.39, 0.29) is 0 Å². The molecule has 1 unspecified atom stereocenters. The van der Waals surface area contributed by atoms with Crippen molar-refractivity contribution in [1.29, 1.82) is 0 Å². The molecule has 0 saturated carbocycles. The predicted octanol–water partition coefficient (Wildman–Crippen LogP) is 13.9. The molecule has 1 atom stereocenters. The maximum atomic E-state index is 5.41. The highest BCUT2D eigenvalue weighted by atomic mass is 14.9. The number of aromatic nitrogens is 2. The van der Waals surface area contributed by atoms with Crippen LogP contribution >= 0.6 is 0 Å². The Hall–Kier alpha value is -7.16. The summed E-state index contributed by atoms with van der Waals surface area (Å²) in [5.74, 6) is 1.17. The number of rotatable bonds is 6. The topological polar surface area (TPSA) is 25.8 Å². The molecule has 9 aromatic rings. The van der Waals surface area contributed by atoms with Crippen molar-refractivity contribution < 1.29 is 0 Å². The van der Waals surface area contributed by atoms with Gasteiger partial charge in [0.2, 0.25) is 0 Å². The molecule has 0 spiro atoms. The summed E-state index contributed by atoms with van der Waals surface area (Å²) in [7, 11) is 0. The monoisotopic (exact) mass is 740 g/mol. The predicted molar refractivity (Wildman–Crippen MR) is 241 cm³/mol. The van der Waals surface area contributed by atoms with Crippen molar-refractivity contribution in [2.45, 2.75) is 25.2 Å². The summed E-state index contributed by atoms with van der Waals surface area (Å²) in [6, 6.07) is 70.6. The molecule has 11 rings (SSSR count). The van der Waals surface area contributed by atoms with Crippen LogP contribution in [0.3, 0.4) is 0 Å². The maximum absolute atomic E-state index is 5.41. The smallest absolute Gasteiger partial charge is 0.156 e. The van der Waals surface area contributed by atoms with Crippen molar-refractivity contribution in [3.05, 3.63) is 228 Å². The molecule has 2 heteroatoms. The average molecular weight is 741 g/mol. The summed E-state index contributed by atoms with van der Waals surface area (Å²) >= 11 is 0. The zero-order chi connectivity index (χ0) is 38.4. The zero-order valence-electron chi connectivity index (χ0n) is 32.1. The van der Waals surface area contributed by atoms with Crippen LogP contribution in [0.15, 0.2) is 194 Å². The lowest BCUT2D eigenvalue weighted by Gasteiger charge is -2.30. The van der Waals surface area contributed by atoms with Gasteiger partial charge in [-0.15, -0.1) is 0 Å². The normalized spacial score (nSPS) is 14.1. The second kappa shape index (κ2) is 14.4. The second-order valence-corrected chi connectivity index (χ2v) is 15.7. The van der Waals surface area contributed by atoms with E-state index in [1.165, 1.54) is 72.3 Å². The minimum absolute atomic E-state index is 0.406. The number of fused-ring (bicyclic) bond motifs is 7. The highest BCUT2D eigenvalue weighted by molar-refractivity contribution is 5.97. The number of benzene rings is 8. The van der Waals surface area contributed by atoms with Gasteiger partial charge in [0.1, 0.15) is 0 Å².